The summed E-state index contributed by atoms with van der Waals surface area (Å²) in [6.07, 6.45) is -3.50. The van der Waals surface area contributed by atoms with Crippen molar-refractivity contribution in [2.75, 3.05) is 6.61 Å². The van der Waals surface area contributed by atoms with E-state index in [1.807, 2.05) is 0 Å². The molecule has 0 aliphatic carbocycles. The number of H-pyrrole nitrogens is 3. The third kappa shape index (κ3) is 2.82. The summed E-state index contributed by atoms with van der Waals surface area (Å²) in [4.78, 5) is 28.2. The van der Waals surface area contributed by atoms with Crippen LogP contribution in [0.2, 0.25) is 0 Å². The minimum absolute atomic E-state index is 0.0323. The highest BCUT2D eigenvalue weighted by Gasteiger charge is 2.45. The number of aliphatic hydroxyl groups excluding tert-OH is 3. The van der Waals surface area contributed by atoms with Gasteiger partial charge in [0.25, 0.3) is 5.56 Å². The normalized spacial score (nSPS) is 27.4. The van der Waals surface area contributed by atoms with Crippen molar-refractivity contribution in [3.05, 3.63) is 44.0 Å². The molecule has 23 heavy (non-hydrogen) atoms. The fourth-order valence-corrected chi connectivity index (χ4v) is 2.61. The summed E-state index contributed by atoms with van der Waals surface area (Å²) in [5.74, 6) is 0. The molecule has 1 aliphatic heterocycles. The van der Waals surface area contributed by atoms with Crippen molar-refractivity contribution >= 4 is 0 Å². The van der Waals surface area contributed by atoms with E-state index in [0.717, 1.165) is 0 Å². The van der Waals surface area contributed by atoms with E-state index in [-0.39, 0.29) is 17.7 Å². The Bertz CT molecular complexity index is 784. The van der Waals surface area contributed by atoms with Crippen molar-refractivity contribution in [1.82, 2.24) is 25.4 Å². The Hall–Kier alpha value is -2.34. The van der Waals surface area contributed by atoms with Crippen LogP contribution in [-0.4, -0.2) is 65.6 Å². The third-order valence-electron chi connectivity index (χ3n) is 3.71. The van der Waals surface area contributed by atoms with E-state index in [0.29, 0.717) is 5.69 Å². The Kier molecular flexibility index (Phi) is 4.09. The lowest BCUT2D eigenvalue weighted by Crippen LogP contribution is -2.35. The van der Waals surface area contributed by atoms with Crippen LogP contribution in [-0.2, 0) is 11.2 Å². The van der Waals surface area contributed by atoms with Crippen molar-refractivity contribution in [3.8, 4) is 0 Å². The quantitative estimate of drug-likeness (QED) is 0.343. The van der Waals surface area contributed by atoms with Gasteiger partial charge >= 0.3 is 5.69 Å². The molecule has 4 unspecified atom stereocenters. The van der Waals surface area contributed by atoms with E-state index in [1.54, 1.807) is 0 Å². The Morgan fingerprint density at radius 2 is 2.00 bits per heavy atom. The second-order valence-corrected chi connectivity index (χ2v) is 5.20. The Balaban J connectivity index is 2.04. The number of hydrogen-bond donors (Lipinski definition) is 6. The first-order valence-electron chi connectivity index (χ1n) is 6.83. The van der Waals surface area contributed by atoms with Crippen LogP contribution >= 0.6 is 0 Å². The third-order valence-corrected chi connectivity index (χ3v) is 3.71. The molecule has 2 aromatic rings. The number of nitrogens with one attached hydrogen (secondary N) is 3. The molecule has 6 N–H and O–H groups in total. The Labute approximate surface area is 128 Å². The molecule has 3 rings (SSSR count). The highest BCUT2D eigenvalue weighted by atomic mass is 16.6. The van der Waals surface area contributed by atoms with Gasteiger partial charge in [0.15, 0.2) is 0 Å². The first kappa shape index (κ1) is 15.6. The van der Waals surface area contributed by atoms with Crippen LogP contribution in [0, 0.1) is 0 Å². The predicted molar refractivity (Wildman–Crippen MR) is 73.6 cm³/mol. The molecule has 1 saturated heterocycles. The number of aliphatic hydroxyl groups is 3. The minimum atomic E-state index is -1.42. The molecule has 0 aromatic carbocycles. The number of aromatic nitrogens is 5. The van der Waals surface area contributed by atoms with Gasteiger partial charge in [-0.05, 0) is 0 Å². The van der Waals surface area contributed by atoms with Gasteiger partial charge in [-0.15, -0.1) is 0 Å². The first-order chi connectivity index (χ1) is 11.0. The van der Waals surface area contributed by atoms with Crippen LogP contribution in [0.3, 0.4) is 0 Å². The summed E-state index contributed by atoms with van der Waals surface area (Å²) in [7, 11) is 0. The lowest BCUT2D eigenvalue weighted by molar-refractivity contribution is -0.0235. The number of rotatable bonds is 4. The summed E-state index contributed by atoms with van der Waals surface area (Å²) < 4.78 is 5.37. The summed E-state index contributed by atoms with van der Waals surface area (Å²) in [5.41, 5.74) is -0.858. The second-order valence-electron chi connectivity index (χ2n) is 5.20. The average molecular weight is 325 g/mol. The molecule has 0 radical (unpaired) electrons. The summed E-state index contributed by atoms with van der Waals surface area (Å²) in [5, 5.41) is 39.0. The zero-order valence-corrected chi connectivity index (χ0v) is 11.8. The summed E-state index contributed by atoms with van der Waals surface area (Å²) in [6.45, 7) is -0.519. The van der Waals surface area contributed by atoms with Crippen molar-refractivity contribution in [3.63, 3.8) is 0 Å². The molecular formula is C12H15N5O6. The smallest absolute Gasteiger partial charge is 0.325 e. The van der Waals surface area contributed by atoms with E-state index in [4.69, 9.17) is 9.84 Å². The maximum Gasteiger partial charge on any atom is 0.325 e. The van der Waals surface area contributed by atoms with Gasteiger partial charge in [0.05, 0.1) is 24.1 Å². The topological polar surface area (TPSA) is 177 Å². The Morgan fingerprint density at radius 3 is 2.61 bits per heavy atom. The maximum absolute atomic E-state index is 12.2. The molecule has 0 amide bonds. The van der Waals surface area contributed by atoms with E-state index in [2.05, 4.69) is 25.4 Å². The standard InChI is InChI=1S/C12H15N5O6/c18-3-6-8(19)9(20)10(23-6)7-5(1-4-2-13-17-16-4)14-12(22)15-11(7)21/h2,6,8-10,18-20H,1,3H2,(H,13,16,17)(H2,14,15,21,22). The van der Waals surface area contributed by atoms with Crippen LogP contribution in [0.5, 0.6) is 0 Å². The lowest BCUT2D eigenvalue weighted by atomic mass is 9.99. The largest absolute Gasteiger partial charge is 0.394 e. The Morgan fingerprint density at radius 1 is 1.22 bits per heavy atom. The van der Waals surface area contributed by atoms with Crippen LogP contribution in [0.25, 0.3) is 0 Å². The number of nitrogens with zero attached hydrogens (tertiary/aromatic N) is 2. The van der Waals surface area contributed by atoms with Crippen molar-refractivity contribution in [1.29, 1.82) is 0 Å². The zero-order valence-electron chi connectivity index (χ0n) is 11.8. The van der Waals surface area contributed by atoms with E-state index in [9.17, 15) is 19.8 Å². The molecule has 3 heterocycles. The lowest BCUT2D eigenvalue weighted by Gasteiger charge is -2.16. The van der Waals surface area contributed by atoms with Gasteiger partial charge in [-0.1, -0.05) is 0 Å². The fraction of sp³-hybridized carbons (Fsp3) is 0.500. The molecule has 124 valence electrons. The molecule has 2 aromatic heterocycles. The van der Waals surface area contributed by atoms with E-state index in [1.165, 1.54) is 6.20 Å². The van der Waals surface area contributed by atoms with E-state index < -0.39 is 42.3 Å². The van der Waals surface area contributed by atoms with Gasteiger partial charge in [0.1, 0.15) is 24.4 Å². The molecule has 4 atom stereocenters. The molecular weight excluding hydrogens is 310 g/mol. The van der Waals surface area contributed by atoms with Gasteiger partial charge in [-0.2, -0.15) is 15.4 Å². The van der Waals surface area contributed by atoms with Gasteiger partial charge in [0.2, 0.25) is 0 Å². The summed E-state index contributed by atoms with van der Waals surface area (Å²) >= 11 is 0. The number of hydrogen-bond acceptors (Lipinski definition) is 8. The monoisotopic (exact) mass is 325 g/mol. The highest BCUT2D eigenvalue weighted by molar-refractivity contribution is 5.26. The number of ether oxygens (including phenoxy) is 1. The van der Waals surface area contributed by atoms with Gasteiger partial charge in [0, 0.05) is 12.1 Å². The molecule has 1 fully saturated rings. The van der Waals surface area contributed by atoms with Crippen LogP contribution in [0.4, 0.5) is 0 Å². The maximum atomic E-state index is 12.2. The molecule has 1 aliphatic rings. The van der Waals surface area contributed by atoms with Crippen LogP contribution in [0.1, 0.15) is 23.1 Å². The molecule has 0 spiro atoms. The van der Waals surface area contributed by atoms with Crippen molar-refractivity contribution < 1.29 is 20.1 Å². The average Bonchev–Trinajstić information content (AvgIpc) is 3.10. The van der Waals surface area contributed by atoms with Gasteiger partial charge in [-0.25, -0.2) is 4.79 Å². The molecule has 0 saturated carbocycles. The summed E-state index contributed by atoms with van der Waals surface area (Å²) in [6, 6.07) is 0. The van der Waals surface area contributed by atoms with Gasteiger partial charge < -0.3 is 25.0 Å². The molecule has 11 nitrogen and oxygen atoms in total. The molecule has 11 heteroatoms. The minimum Gasteiger partial charge on any atom is -0.394 e. The second kappa shape index (κ2) is 6.04. The predicted octanol–water partition coefficient (Wildman–Crippen LogP) is -3.07. The van der Waals surface area contributed by atoms with E-state index >= 15 is 0 Å². The van der Waals surface area contributed by atoms with Crippen molar-refractivity contribution in [2.24, 2.45) is 0 Å². The SMILES string of the molecule is O=c1[nH]c(Cc2cn[nH]n2)c(C2OC(CO)C(O)C2O)c(=O)[nH]1. The first-order valence-corrected chi connectivity index (χ1v) is 6.83. The fourth-order valence-electron chi connectivity index (χ4n) is 2.61. The van der Waals surface area contributed by atoms with Crippen LogP contribution < -0.4 is 11.2 Å². The van der Waals surface area contributed by atoms with Crippen molar-refractivity contribution in [2.45, 2.75) is 30.8 Å². The zero-order chi connectivity index (χ0) is 16.6. The highest BCUT2D eigenvalue weighted by Crippen LogP contribution is 2.33. The van der Waals surface area contributed by atoms with Gasteiger partial charge in [-0.3, -0.25) is 9.78 Å². The molecule has 0 bridgehead atoms. The van der Waals surface area contributed by atoms with Crippen LogP contribution in [0.15, 0.2) is 15.8 Å². The number of aromatic amines is 3.